The molecule has 0 saturated carbocycles. The maximum absolute atomic E-state index is 5.21. The average molecular weight is 675 g/mol. The molecule has 7 aromatic carbocycles. The smallest absolute Gasteiger partial charge is 0.164 e. The highest BCUT2D eigenvalue weighted by Crippen LogP contribution is 2.49. The lowest BCUT2D eigenvalue weighted by Crippen LogP contribution is -2.00. The van der Waals surface area contributed by atoms with E-state index in [9.17, 15) is 0 Å². The van der Waals surface area contributed by atoms with E-state index in [1.54, 1.807) is 11.3 Å². The van der Waals surface area contributed by atoms with Crippen molar-refractivity contribution < 1.29 is 0 Å². The number of rotatable bonds is 5. The second-order valence-corrected chi connectivity index (χ2v) is 14.3. The van der Waals surface area contributed by atoms with Crippen LogP contribution in [0.3, 0.4) is 0 Å². The number of thiazole rings is 1. The van der Waals surface area contributed by atoms with Gasteiger partial charge in [-0.1, -0.05) is 146 Å². The van der Waals surface area contributed by atoms with Gasteiger partial charge in [0.15, 0.2) is 17.5 Å². The van der Waals surface area contributed by atoms with E-state index in [0.717, 1.165) is 43.6 Å². The topological polar surface area (TPSA) is 51.6 Å². The molecule has 10 rings (SSSR count). The summed E-state index contributed by atoms with van der Waals surface area (Å²) in [6.45, 7) is 0. The molecular weight excluding hydrogens is 649 g/mol. The van der Waals surface area contributed by atoms with Gasteiger partial charge >= 0.3 is 0 Å². The van der Waals surface area contributed by atoms with Crippen molar-refractivity contribution in [3.05, 3.63) is 158 Å². The number of benzene rings is 7. The Bertz CT molecular complexity index is 2800. The van der Waals surface area contributed by atoms with Gasteiger partial charge in [-0.25, -0.2) is 19.9 Å². The van der Waals surface area contributed by atoms with Crippen LogP contribution in [0.5, 0.6) is 0 Å². The number of hydrogen-bond donors (Lipinski definition) is 0. The van der Waals surface area contributed by atoms with Crippen LogP contribution in [0.15, 0.2) is 158 Å². The fourth-order valence-electron chi connectivity index (χ4n) is 6.88. The van der Waals surface area contributed by atoms with Crippen molar-refractivity contribution in [2.75, 3.05) is 0 Å². The minimum atomic E-state index is 0.647. The third-order valence-electron chi connectivity index (χ3n) is 9.17. The lowest BCUT2D eigenvalue weighted by molar-refractivity contribution is 1.08. The fraction of sp³-hybridized carbons (Fsp3) is 0. The number of nitrogens with zero attached hydrogens (tertiary/aromatic N) is 4. The minimum Gasteiger partial charge on any atom is -0.236 e. The third kappa shape index (κ3) is 4.80. The van der Waals surface area contributed by atoms with Gasteiger partial charge in [0.1, 0.15) is 5.01 Å². The zero-order valence-electron chi connectivity index (χ0n) is 26.6. The lowest BCUT2D eigenvalue weighted by Gasteiger charge is -2.14. The normalized spacial score (nSPS) is 11.6. The van der Waals surface area contributed by atoms with Gasteiger partial charge in [-0.05, 0) is 28.5 Å². The summed E-state index contributed by atoms with van der Waals surface area (Å²) in [4.78, 5) is 20.3. The Labute approximate surface area is 296 Å². The molecule has 0 radical (unpaired) electrons. The van der Waals surface area contributed by atoms with Crippen LogP contribution in [0.1, 0.15) is 0 Å². The highest BCUT2D eigenvalue weighted by atomic mass is 32.1. The molecule has 4 nitrogen and oxygen atoms in total. The summed E-state index contributed by atoms with van der Waals surface area (Å²) in [7, 11) is 0. The molecule has 0 saturated heterocycles. The third-order valence-corrected chi connectivity index (χ3v) is 11.4. The molecule has 0 aliphatic carbocycles. The van der Waals surface area contributed by atoms with Crippen molar-refractivity contribution >= 4 is 63.8 Å². The van der Waals surface area contributed by atoms with Gasteiger partial charge in [0, 0.05) is 48.0 Å². The van der Waals surface area contributed by atoms with Crippen molar-refractivity contribution in [1.82, 2.24) is 19.9 Å². The van der Waals surface area contributed by atoms with Gasteiger partial charge in [-0.3, -0.25) is 0 Å². The minimum absolute atomic E-state index is 0.647. The molecule has 0 unspecified atom stereocenters. The maximum Gasteiger partial charge on any atom is 0.164 e. The summed E-state index contributed by atoms with van der Waals surface area (Å²) in [5.41, 5.74) is 7.42. The first kappa shape index (κ1) is 28.9. The van der Waals surface area contributed by atoms with Crippen molar-refractivity contribution in [3.8, 4) is 55.9 Å². The van der Waals surface area contributed by atoms with Crippen molar-refractivity contribution in [2.24, 2.45) is 0 Å². The zero-order chi connectivity index (χ0) is 33.0. The van der Waals surface area contributed by atoms with Crippen LogP contribution in [0.4, 0.5) is 0 Å². The fourth-order valence-corrected chi connectivity index (χ4v) is 9.15. The van der Waals surface area contributed by atoms with E-state index in [1.165, 1.54) is 36.0 Å². The summed E-state index contributed by atoms with van der Waals surface area (Å²) >= 11 is 3.60. The molecule has 0 bridgehead atoms. The summed E-state index contributed by atoms with van der Waals surface area (Å²) in [6.07, 6.45) is 0. The van der Waals surface area contributed by atoms with E-state index in [-0.39, 0.29) is 0 Å². The number of aromatic nitrogens is 4. The predicted octanol–water partition coefficient (Wildman–Crippen LogP) is 12.3. The Kier molecular flexibility index (Phi) is 6.82. The van der Waals surface area contributed by atoms with Gasteiger partial charge in [-0.15, -0.1) is 22.7 Å². The van der Waals surface area contributed by atoms with Gasteiger partial charge in [-0.2, -0.15) is 0 Å². The average Bonchev–Trinajstić information content (AvgIpc) is 3.79. The first-order valence-corrected chi connectivity index (χ1v) is 18.1. The molecule has 3 heterocycles. The van der Waals surface area contributed by atoms with E-state index in [1.807, 2.05) is 72.0 Å². The first-order valence-electron chi connectivity index (χ1n) is 16.5. The van der Waals surface area contributed by atoms with E-state index < -0.39 is 0 Å². The molecule has 50 heavy (non-hydrogen) atoms. The number of thiophene rings is 1. The molecule has 10 aromatic rings. The molecule has 6 heteroatoms. The molecule has 0 aliphatic heterocycles. The van der Waals surface area contributed by atoms with Gasteiger partial charge in [0.05, 0.1) is 10.2 Å². The number of hydrogen-bond acceptors (Lipinski definition) is 6. The molecular formula is C44H26N4S2. The Balaban J connectivity index is 1.25. The second kappa shape index (κ2) is 11.8. The Morgan fingerprint density at radius 2 is 0.920 bits per heavy atom. The Hall–Kier alpha value is -6.08. The van der Waals surface area contributed by atoms with Crippen LogP contribution in [-0.4, -0.2) is 19.9 Å². The van der Waals surface area contributed by atoms with Crippen LogP contribution in [-0.2, 0) is 0 Å². The molecule has 0 aliphatic rings. The summed E-state index contributed by atoms with van der Waals surface area (Å²) < 4.78 is 3.71. The standard InChI is InChI=1S/C44H26N4S2/c1-4-14-27(15-5-1)41-46-42(28-16-6-2-7-17-28)48-43(47-41)33-24-13-21-30-31(33)22-12-23-32(30)39-38-34-20-10-11-25-36(34)49-37(38)26-35-40(39)50-44(45-35)29-18-8-3-9-19-29/h1-26H. The summed E-state index contributed by atoms with van der Waals surface area (Å²) in [5, 5.41) is 5.80. The van der Waals surface area contributed by atoms with E-state index in [4.69, 9.17) is 19.9 Å². The molecule has 0 spiro atoms. The van der Waals surface area contributed by atoms with Crippen LogP contribution in [0.2, 0.25) is 0 Å². The molecule has 234 valence electrons. The van der Waals surface area contributed by atoms with Crippen molar-refractivity contribution in [3.63, 3.8) is 0 Å². The largest absolute Gasteiger partial charge is 0.236 e. The quantitative estimate of drug-likeness (QED) is 0.182. The van der Waals surface area contributed by atoms with Crippen LogP contribution < -0.4 is 0 Å². The van der Waals surface area contributed by atoms with Crippen molar-refractivity contribution in [1.29, 1.82) is 0 Å². The van der Waals surface area contributed by atoms with E-state index in [2.05, 4.69) is 97.1 Å². The van der Waals surface area contributed by atoms with Crippen LogP contribution in [0, 0.1) is 0 Å². The molecule has 0 fully saturated rings. The van der Waals surface area contributed by atoms with Gasteiger partial charge in [0.25, 0.3) is 0 Å². The molecule has 3 aromatic heterocycles. The van der Waals surface area contributed by atoms with Gasteiger partial charge < -0.3 is 0 Å². The number of fused-ring (bicyclic) bond motifs is 5. The second-order valence-electron chi connectivity index (χ2n) is 12.2. The Morgan fingerprint density at radius 1 is 0.380 bits per heavy atom. The van der Waals surface area contributed by atoms with Crippen molar-refractivity contribution in [2.45, 2.75) is 0 Å². The van der Waals surface area contributed by atoms with Gasteiger partial charge in [0.2, 0.25) is 0 Å². The summed E-state index contributed by atoms with van der Waals surface area (Å²) in [5.74, 6) is 1.95. The van der Waals surface area contributed by atoms with E-state index >= 15 is 0 Å². The SMILES string of the molecule is c1ccc(-c2nc(-c3ccccc3)nc(-c3cccc4c(-c5c6sc(-c7ccccc7)nc6cc6sc7ccccc7c56)cccc34)n2)cc1. The molecule has 0 N–H and O–H groups in total. The molecule has 0 atom stereocenters. The van der Waals surface area contributed by atoms with E-state index in [0.29, 0.717) is 17.5 Å². The monoisotopic (exact) mass is 674 g/mol. The predicted molar refractivity (Wildman–Crippen MR) is 211 cm³/mol. The highest BCUT2D eigenvalue weighted by molar-refractivity contribution is 7.26. The lowest BCUT2D eigenvalue weighted by atomic mass is 9.92. The van der Waals surface area contributed by atoms with Crippen LogP contribution >= 0.6 is 22.7 Å². The molecule has 0 amide bonds. The summed E-state index contributed by atoms with van der Waals surface area (Å²) in [6, 6.07) is 54.9. The zero-order valence-corrected chi connectivity index (χ0v) is 28.2. The van der Waals surface area contributed by atoms with Crippen LogP contribution in [0.25, 0.3) is 97.0 Å². The highest BCUT2D eigenvalue weighted by Gasteiger charge is 2.21. The maximum atomic E-state index is 5.21. The Morgan fingerprint density at radius 3 is 1.60 bits per heavy atom. The first-order chi connectivity index (χ1) is 24.8.